The van der Waals surface area contributed by atoms with E-state index in [2.05, 4.69) is 9.97 Å². The van der Waals surface area contributed by atoms with Gasteiger partial charge in [0.1, 0.15) is 18.2 Å². The Morgan fingerprint density at radius 1 is 1.12 bits per heavy atom. The number of ketones is 1. The van der Waals surface area contributed by atoms with Crippen molar-refractivity contribution in [3.05, 3.63) is 41.9 Å². The Morgan fingerprint density at radius 3 is 2.32 bits per heavy atom. The van der Waals surface area contributed by atoms with E-state index >= 15 is 0 Å². The molecule has 1 aromatic carbocycles. The first-order valence-electron chi connectivity index (χ1n) is 7.79. The van der Waals surface area contributed by atoms with E-state index in [1.165, 1.54) is 18.3 Å². The van der Waals surface area contributed by atoms with Crippen LogP contribution >= 0.6 is 0 Å². The van der Waals surface area contributed by atoms with Crippen molar-refractivity contribution < 1.29 is 23.1 Å². The maximum atomic E-state index is 12.7. The highest BCUT2D eigenvalue weighted by Gasteiger charge is 2.30. The molecule has 1 aromatic heterocycles. The normalized spacial score (nSPS) is 15.5. The number of aliphatic hydroxyl groups is 1. The van der Waals surface area contributed by atoms with Gasteiger partial charge in [0.2, 0.25) is 0 Å². The smallest absolute Gasteiger partial charge is 0.388 e. The monoisotopic (exact) mass is 351 g/mol. The summed E-state index contributed by atoms with van der Waals surface area (Å²) in [6.45, 7) is 0.621. The van der Waals surface area contributed by atoms with Gasteiger partial charge in [0, 0.05) is 37.7 Å². The molecule has 5 nitrogen and oxygen atoms in total. The summed E-state index contributed by atoms with van der Waals surface area (Å²) in [5.41, 5.74) is 0.388. The number of nitrogens with zero attached hydrogens (tertiary/aromatic N) is 3. The van der Waals surface area contributed by atoms with Crippen LogP contribution in [0.3, 0.4) is 0 Å². The van der Waals surface area contributed by atoms with Crippen LogP contribution in [0.25, 0.3) is 11.1 Å². The number of aromatic nitrogens is 2. The molecule has 0 amide bonds. The van der Waals surface area contributed by atoms with E-state index in [1.54, 1.807) is 0 Å². The number of rotatable bonds is 3. The molecular formula is C17H16F3N3O2. The molecule has 132 valence electrons. The summed E-state index contributed by atoms with van der Waals surface area (Å²) >= 11 is 0. The molecule has 0 unspecified atom stereocenters. The van der Waals surface area contributed by atoms with Gasteiger partial charge in [-0.3, -0.25) is 4.79 Å². The number of hydrogen-bond donors (Lipinski definition) is 1. The average molecular weight is 351 g/mol. The minimum Gasteiger partial charge on any atom is -0.388 e. The molecule has 1 N–H and O–H groups in total. The molecule has 1 aliphatic heterocycles. The predicted octanol–water partition coefficient (Wildman–Crippen LogP) is 2.82. The number of alkyl halides is 3. The third kappa shape index (κ3) is 3.79. The van der Waals surface area contributed by atoms with Gasteiger partial charge in [-0.25, -0.2) is 9.97 Å². The first-order chi connectivity index (χ1) is 11.9. The molecule has 2 heterocycles. The van der Waals surface area contributed by atoms with Crippen LogP contribution in [-0.2, 0) is 17.6 Å². The lowest BCUT2D eigenvalue weighted by molar-refractivity contribution is -0.137. The molecule has 25 heavy (non-hydrogen) atoms. The fourth-order valence-corrected chi connectivity index (χ4v) is 2.74. The maximum Gasteiger partial charge on any atom is 0.416 e. The van der Waals surface area contributed by atoms with Crippen LogP contribution in [-0.4, -0.2) is 33.9 Å². The first-order valence-corrected chi connectivity index (χ1v) is 7.79. The first kappa shape index (κ1) is 17.3. The summed E-state index contributed by atoms with van der Waals surface area (Å²) in [6, 6.07) is 4.77. The van der Waals surface area contributed by atoms with Crippen LogP contribution in [0.2, 0.25) is 0 Å². The molecule has 2 aromatic rings. The second-order valence-electron chi connectivity index (χ2n) is 5.78. The summed E-state index contributed by atoms with van der Waals surface area (Å²) in [4.78, 5) is 21.7. The number of benzene rings is 1. The summed E-state index contributed by atoms with van der Waals surface area (Å²) in [5.74, 6) is 0.914. The zero-order valence-electron chi connectivity index (χ0n) is 13.3. The minimum absolute atomic E-state index is 0.170. The van der Waals surface area contributed by atoms with Crippen molar-refractivity contribution >= 4 is 11.6 Å². The number of halogens is 3. The molecule has 0 spiro atoms. The fraction of sp³-hybridized carbons (Fsp3) is 0.353. The number of Topliss-reactive ketones (excluding diaryl/α,β-unsaturated/α-hetero) is 1. The minimum atomic E-state index is -4.40. The van der Waals surface area contributed by atoms with Gasteiger partial charge in [0.25, 0.3) is 0 Å². The molecule has 0 radical (unpaired) electrons. The Balaban J connectivity index is 1.99. The van der Waals surface area contributed by atoms with Crippen LogP contribution in [0, 0.1) is 0 Å². The lowest BCUT2D eigenvalue weighted by atomic mass is 10.0. The third-order valence-electron chi connectivity index (χ3n) is 4.10. The largest absolute Gasteiger partial charge is 0.416 e. The summed E-state index contributed by atoms with van der Waals surface area (Å²) in [6.07, 6.45) is -2.12. The molecule has 0 bridgehead atoms. The number of aliphatic hydroxyl groups excluding tert-OH is 1. The molecular weight excluding hydrogens is 335 g/mol. The second-order valence-corrected chi connectivity index (χ2v) is 5.78. The second kappa shape index (κ2) is 6.79. The standard InChI is InChI=1S/C17H16F3N3O2/c18-17(19,20)12-3-1-11(2-4-12)14-9-21-15(10-24)22-16(14)23-7-5-13(25)6-8-23/h1-4,9,24H,5-8,10H2. The number of hydrogen-bond acceptors (Lipinski definition) is 5. The highest BCUT2D eigenvalue weighted by atomic mass is 19.4. The summed E-state index contributed by atoms with van der Waals surface area (Å²) in [7, 11) is 0. The lowest BCUT2D eigenvalue weighted by Gasteiger charge is -2.29. The summed E-state index contributed by atoms with van der Waals surface area (Å²) < 4.78 is 38.2. The van der Waals surface area contributed by atoms with Gasteiger partial charge in [0.15, 0.2) is 5.82 Å². The maximum absolute atomic E-state index is 12.7. The van der Waals surface area contributed by atoms with Crippen LogP contribution in [0.15, 0.2) is 30.5 Å². The van der Waals surface area contributed by atoms with Gasteiger partial charge < -0.3 is 10.0 Å². The zero-order chi connectivity index (χ0) is 18.0. The van der Waals surface area contributed by atoms with Crippen molar-refractivity contribution in [3.63, 3.8) is 0 Å². The van der Waals surface area contributed by atoms with Gasteiger partial charge in [-0.2, -0.15) is 13.2 Å². The Morgan fingerprint density at radius 2 is 1.76 bits per heavy atom. The quantitative estimate of drug-likeness (QED) is 0.921. The highest BCUT2D eigenvalue weighted by molar-refractivity contribution is 5.82. The van der Waals surface area contributed by atoms with Gasteiger partial charge in [-0.15, -0.1) is 0 Å². The average Bonchev–Trinajstić information content (AvgIpc) is 2.61. The molecule has 0 saturated carbocycles. The van der Waals surface area contributed by atoms with E-state index in [-0.39, 0.29) is 18.2 Å². The predicted molar refractivity (Wildman–Crippen MR) is 84.8 cm³/mol. The van der Waals surface area contributed by atoms with Crippen LogP contribution in [0.5, 0.6) is 0 Å². The Bertz CT molecular complexity index is 766. The number of piperidine rings is 1. The molecule has 0 aliphatic carbocycles. The van der Waals surface area contributed by atoms with Crippen molar-refractivity contribution in [1.82, 2.24) is 9.97 Å². The third-order valence-corrected chi connectivity index (χ3v) is 4.10. The molecule has 1 aliphatic rings. The Hall–Kier alpha value is -2.48. The number of carbonyl (C=O) groups excluding carboxylic acids is 1. The Labute approximate surface area is 142 Å². The molecule has 8 heteroatoms. The van der Waals surface area contributed by atoms with Crippen molar-refractivity contribution in [2.24, 2.45) is 0 Å². The van der Waals surface area contributed by atoms with Gasteiger partial charge >= 0.3 is 6.18 Å². The van der Waals surface area contributed by atoms with Crippen LogP contribution in [0.4, 0.5) is 19.0 Å². The molecule has 0 atom stereocenters. The summed E-state index contributed by atoms with van der Waals surface area (Å²) in [5, 5.41) is 9.27. The number of carbonyl (C=O) groups is 1. The van der Waals surface area contributed by atoms with Crippen molar-refractivity contribution in [2.75, 3.05) is 18.0 Å². The van der Waals surface area contributed by atoms with E-state index in [1.807, 2.05) is 4.90 Å². The van der Waals surface area contributed by atoms with Crippen molar-refractivity contribution in [1.29, 1.82) is 0 Å². The van der Waals surface area contributed by atoms with Gasteiger partial charge in [0.05, 0.1) is 5.56 Å². The van der Waals surface area contributed by atoms with E-state index < -0.39 is 11.7 Å². The van der Waals surface area contributed by atoms with Gasteiger partial charge in [-0.05, 0) is 17.7 Å². The molecule has 1 fully saturated rings. The molecule has 1 saturated heterocycles. The molecule has 3 rings (SSSR count). The topological polar surface area (TPSA) is 66.3 Å². The van der Waals surface area contributed by atoms with E-state index in [4.69, 9.17) is 0 Å². The van der Waals surface area contributed by atoms with Crippen molar-refractivity contribution in [3.8, 4) is 11.1 Å². The van der Waals surface area contributed by atoms with Crippen LogP contribution < -0.4 is 4.90 Å². The Kier molecular flexibility index (Phi) is 4.71. The van der Waals surface area contributed by atoms with Crippen LogP contribution in [0.1, 0.15) is 24.2 Å². The van der Waals surface area contributed by atoms with E-state index in [9.17, 15) is 23.1 Å². The van der Waals surface area contributed by atoms with E-state index in [0.717, 1.165) is 12.1 Å². The zero-order valence-corrected chi connectivity index (χ0v) is 13.3. The fourth-order valence-electron chi connectivity index (χ4n) is 2.74. The van der Waals surface area contributed by atoms with Gasteiger partial charge in [-0.1, -0.05) is 12.1 Å². The lowest BCUT2D eigenvalue weighted by Crippen LogP contribution is -2.35. The highest BCUT2D eigenvalue weighted by Crippen LogP contribution is 2.34. The van der Waals surface area contributed by atoms with E-state index in [0.29, 0.717) is 42.9 Å². The SMILES string of the molecule is O=C1CCN(c2nc(CO)ncc2-c2ccc(C(F)(F)F)cc2)CC1. The number of anilines is 1. The van der Waals surface area contributed by atoms with Crippen molar-refractivity contribution in [2.45, 2.75) is 25.6 Å².